The Labute approximate surface area is 134 Å². The zero-order valence-corrected chi connectivity index (χ0v) is 13.0. The van der Waals surface area contributed by atoms with Crippen LogP contribution in [0.1, 0.15) is 17.2 Å². The van der Waals surface area contributed by atoms with Crippen molar-refractivity contribution in [2.75, 3.05) is 10.6 Å². The summed E-state index contributed by atoms with van der Waals surface area (Å²) in [4.78, 5) is 12.1. The monoisotopic (exact) mass is 361 g/mol. The maximum Gasteiger partial charge on any atom is 0.251 e. The van der Waals surface area contributed by atoms with Crippen molar-refractivity contribution in [3.05, 3.63) is 57.0 Å². The first-order valence-corrected chi connectivity index (χ1v) is 7.32. The van der Waals surface area contributed by atoms with Crippen LogP contribution < -0.4 is 10.6 Å². The third-order valence-electron chi connectivity index (χ3n) is 3.26. The second kappa shape index (κ2) is 5.40. The van der Waals surface area contributed by atoms with Crippen LogP contribution in [0.5, 0.6) is 0 Å². The van der Waals surface area contributed by atoms with E-state index in [4.69, 9.17) is 16.9 Å². The van der Waals surface area contributed by atoms with Gasteiger partial charge in [0.15, 0.2) is 0 Å². The fourth-order valence-corrected chi connectivity index (χ4v) is 3.09. The molecule has 1 unspecified atom stereocenters. The second-order valence-electron chi connectivity index (χ2n) is 4.57. The Balaban J connectivity index is 1.95. The summed E-state index contributed by atoms with van der Waals surface area (Å²) in [7, 11) is 0. The Hall–Kier alpha value is -2.03. The zero-order valence-electron chi connectivity index (χ0n) is 10.7. The van der Waals surface area contributed by atoms with Crippen molar-refractivity contribution < 1.29 is 4.79 Å². The lowest BCUT2D eigenvalue weighted by Crippen LogP contribution is -2.19. The number of hydrogen-bond acceptors (Lipinski definition) is 3. The van der Waals surface area contributed by atoms with E-state index in [9.17, 15) is 4.79 Å². The van der Waals surface area contributed by atoms with Crippen molar-refractivity contribution in [2.24, 2.45) is 0 Å². The highest BCUT2D eigenvalue weighted by molar-refractivity contribution is 9.10. The van der Waals surface area contributed by atoms with E-state index in [0.717, 1.165) is 15.7 Å². The predicted molar refractivity (Wildman–Crippen MR) is 85.3 cm³/mol. The molecule has 1 heterocycles. The number of halogens is 2. The fourth-order valence-electron chi connectivity index (χ4n) is 2.28. The predicted octanol–water partition coefficient (Wildman–Crippen LogP) is 4.08. The van der Waals surface area contributed by atoms with Gasteiger partial charge in [-0.15, -0.1) is 0 Å². The van der Waals surface area contributed by atoms with Crippen molar-refractivity contribution in [3.63, 3.8) is 0 Å². The number of rotatable bonds is 2. The molecule has 0 bridgehead atoms. The maximum atomic E-state index is 12.1. The number of nitrogens with zero attached hydrogens (tertiary/aromatic N) is 1. The minimum atomic E-state index is -0.500. The summed E-state index contributed by atoms with van der Waals surface area (Å²) in [6.45, 7) is 0. The lowest BCUT2D eigenvalue weighted by atomic mass is 10.1. The lowest BCUT2D eigenvalue weighted by Gasteiger charge is -2.14. The molecule has 1 atom stereocenters. The first kappa shape index (κ1) is 13.9. The molecule has 104 valence electrons. The summed E-state index contributed by atoms with van der Waals surface area (Å²) < 4.78 is 0.857. The molecule has 2 aromatic carbocycles. The van der Waals surface area contributed by atoms with E-state index < -0.39 is 6.04 Å². The summed E-state index contributed by atoms with van der Waals surface area (Å²) >= 11 is 9.48. The van der Waals surface area contributed by atoms with Gasteiger partial charge in [-0.2, -0.15) is 5.26 Å². The topological polar surface area (TPSA) is 64.9 Å². The van der Waals surface area contributed by atoms with Gasteiger partial charge in [-0.25, -0.2) is 0 Å². The SMILES string of the molecule is N#Cc1ccc(NC2C(=O)Nc3cccc(Br)c32)cc1Cl. The van der Waals surface area contributed by atoms with Gasteiger partial charge in [-0.1, -0.05) is 33.6 Å². The molecule has 2 N–H and O–H groups in total. The van der Waals surface area contributed by atoms with Gasteiger partial charge in [0, 0.05) is 21.4 Å². The van der Waals surface area contributed by atoms with E-state index in [0.29, 0.717) is 16.3 Å². The molecule has 0 spiro atoms. The zero-order chi connectivity index (χ0) is 15.0. The normalized spacial score (nSPS) is 16.0. The smallest absolute Gasteiger partial charge is 0.251 e. The number of nitrogens with one attached hydrogen (secondary N) is 2. The quantitative estimate of drug-likeness (QED) is 0.846. The molecular formula is C15H9BrClN3O. The van der Waals surface area contributed by atoms with Crippen LogP contribution in [0.25, 0.3) is 0 Å². The highest BCUT2D eigenvalue weighted by Crippen LogP contribution is 2.38. The summed E-state index contributed by atoms with van der Waals surface area (Å²) in [6.07, 6.45) is 0. The van der Waals surface area contributed by atoms with Gasteiger partial charge < -0.3 is 10.6 Å². The van der Waals surface area contributed by atoms with Gasteiger partial charge >= 0.3 is 0 Å². The van der Waals surface area contributed by atoms with Gasteiger partial charge in [0.25, 0.3) is 5.91 Å². The number of carbonyl (C=O) groups is 1. The van der Waals surface area contributed by atoms with Crippen LogP contribution in [-0.4, -0.2) is 5.91 Å². The third-order valence-corrected chi connectivity index (χ3v) is 4.27. The number of anilines is 2. The highest BCUT2D eigenvalue weighted by Gasteiger charge is 2.32. The van der Waals surface area contributed by atoms with Gasteiger partial charge in [0.05, 0.1) is 10.6 Å². The number of carbonyl (C=O) groups excluding carboxylic acids is 1. The molecule has 4 nitrogen and oxygen atoms in total. The average Bonchev–Trinajstić information content (AvgIpc) is 2.77. The number of benzene rings is 2. The molecule has 1 amide bonds. The van der Waals surface area contributed by atoms with Crippen LogP contribution in [0.15, 0.2) is 40.9 Å². The average molecular weight is 363 g/mol. The van der Waals surface area contributed by atoms with Crippen molar-refractivity contribution >= 4 is 44.8 Å². The number of fused-ring (bicyclic) bond motifs is 1. The standard InChI is InChI=1S/C15H9BrClN3O/c16-10-2-1-3-12-13(10)14(15(21)20-12)19-9-5-4-8(7-18)11(17)6-9/h1-6,14,19H,(H,20,21). The van der Waals surface area contributed by atoms with Crippen molar-refractivity contribution in [3.8, 4) is 6.07 Å². The van der Waals surface area contributed by atoms with E-state index >= 15 is 0 Å². The lowest BCUT2D eigenvalue weighted by molar-refractivity contribution is -0.116. The van der Waals surface area contributed by atoms with E-state index in [1.165, 1.54) is 0 Å². The third kappa shape index (κ3) is 2.48. The molecule has 21 heavy (non-hydrogen) atoms. The van der Waals surface area contributed by atoms with Crippen LogP contribution in [0, 0.1) is 11.3 Å². The Morgan fingerprint density at radius 1 is 1.33 bits per heavy atom. The van der Waals surface area contributed by atoms with E-state index in [1.54, 1.807) is 18.2 Å². The van der Waals surface area contributed by atoms with E-state index in [2.05, 4.69) is 26.6 Å². The number of amides is 1. The first-order chi connectivity index (χ1) is 10.1. The highest BCUT2D eigenvalue weighted by atomic mass is 79.9. The van der Waals surface area contributed by atoms with Crippen LogP contribution in [0.2, 0.25) is 5.02 Å². The maximum absolute atomic E-state index is 12.1. The van der Waals surface area contributed by atoms with Crippen molar-refractivity contribution in [2.45, 2.75) is 6.04 Å². The fraction of sp³-hybridized carbons (Fsp3) is 0.0667. The van der Waals surface area contributed by atoms with Crippen LogP contribution in [-0.2, 0) is 4.79 Å². The summed E-state index contributed by atoms with van der Waals surface area (Å²) in [5, 5.41) is 15.2. The molecule has 0 aromatic heterocycles. The molecule has 0 aliphatic carbocycles. The Morgan fingerprint density at radius 2 is 2.14 bits per heavy atom. The molecule has 0 radical (unpaired) electrons. The summed E-state index contributed by atoms with van der Waals surface area (Å²) in [5.74, 6) is -0.127. The van der Waals surface area contributed by atoms with Gasteiger partial charge in [-0.3, -0.25) is 4.79 Å². The molecule has 0 saturated carbocycles. The molecule has 3 rings (SSSR count). The van der Waals surface area contributed by atoms with Crippen molar-refractivity contribution in [1.29, 1.82) is 5.26 Å². The molecule has 2 aromatic rings. The first-order valence-electron chi connectivity index (χ1n) is 6.15. The molecular weight excluding hydrogens is 354 g/mol. The second-order valence-corrected chi connectivity index (χ2v) is 5.84. The summed E-state index contributed by atoms with van der Waals surface area (Å²) in [6, 6.07) is 12.1. The van der Waals surface area contributed by atoms with Gasteiger partial charge in [0.2, 0.25) is 0 Å². The molecule has 0 fully saturated rings. The van der Waals surface area contributed by atoms with Crippen LogP contribution in [0.3, 0.4) is 0 Å². The minimum Gasteiger partial charge on any atom is -0.370 e. The van der Waals surface area contributed by atoms with Crippen molar-refractivity contribution in [1.82, 2.24) is 0 Å². The van der Waals surface area contributed by atoms with Crippen LogP contribution >= 0.6 is 27.5 Å². The summed E-state index contributed by atoms with van der Waals surface area (Å²) in [5.41, 5.74) is 2.73. The van der Waals surface area contributed by atoms with E-state index in [-0.39, 0.29) is 5.91 Å². The Kier molecular flexibility index (Phi) is 3.58. The Bertz CT molecular complexity index is 785. The minimum absolute atomic E-state index is 0.127. The van der Waals surface area contributed by atoms with Gasteiger partial charge in [-0.05, 0) is 30.3 Å². The largest absolute Gasteiger partial charge is 0.370 e. The van der Waals surface area contributed by atoms with E-state index in [1.807, 2.05) is 24.3 Å². The number of nitriles is 1. The molecule has 6 heteroatoms. The Morgan fingerprint density at radius 3 is 2.86 bits per heavy atom. The number of hydrogen-bond donors (Lipinski definition) is 2. The molecule has 0 saturated heterocycles. The molecule has 1 aliphatic heterocycles. The molecule has 1 aliphatic rings. The van der Waals surface area contributed by atoms with Crippen LogP contribution in [0.4, 0.5) is 11.4 Å². The van der Waals surface area contributed by atoms with Gasteiger partial charge in [0.1, 0.15) is 12.1 Å².